The van der Waals surface area contributed by atoms with Gasteiger partial charge in [-0.1, -0.05) is 23.4 Å². The van der Waals surface area contributed by atoms with Crippen molar-refractivity contribution in [2.24, 2.45) is 5.92 Å². The Morgan fingerprint density at radius 1 is 1.20 bits per heavy atom. The molecule has 1 aliphatic rings. The van der Waals surface area contributed by atoms with E-state index >= 15 is 0 Å². The molecule has 7 heteroatoms. The average Bonchev–Trinajstić information content (AvgIpc) is 3.31. The van der Waals surface area contributed by atoms with Gasteiger partial charge in [0, 0.05) is 31.2 Å². The molecule has 0 radical (unpaired) electrons. The first-order valence-corrected chi connectivity index (χ1v) is 8.55. The second kappa shape index (κ2) is 6.78. The van der Waals surface area contributed by atoms with Crippen molar-refractivity contribution in [2.75, 3.05) is 13.1 Å². The van der Waals surface area contributed by atoms with Crippen molar-refractivity contribution in [3.8, 4) is 5.69 Å². The highest BCUT2D eigenvalue weighted by molar-refractivity contribution is 5.29. The van der Waals surface area contributed by atoms with E-state index in [0.717, 1.165) is 35.7 Å². The summed E-state index contributed by atoms with van der Waals surface area (Å²) in [6.45, 7) is 4.18. The molecule has 0 aliphatic carbocycles. The lowest BCUT2D eigenvalue weighted by Gasteiger charge is -2.13. The molecule has 2 N–H and O–H groups in total. The predicted molar refractivity (Wildman–Crippen MR) is 93.2 cm³/mol. The van der Waals surface area contributed by atoms with Crippen LogP contribution < -0.4 is 0 Å². The number of benzene rings is 1. The fourth-order valence-corrected chi connectivity index (χ4v) is 3.43. The molecule has 1 fully saturated rings. The standard InChI is InChI=1S/C18H22N6O/c1-13-7-15(20-19-13)8-14-9-23(12-18(14)25)10-16-11-24(22-21-16)17-5-3-2-4-6-17/h2-7,11,14,18,25H,8-10,12H2,1H3,(H,19,20)/t14-,18-/m1/s1. The van der Waals surface area contributed by atoms with Crippen molar-refractivity contribution >= 4 is 0 Å². The van der Waals surface area contributed by atoms with Crippen molar-refractivity contribution in [3.05, 3.63) is 59.7 Å². The van der Waals surface area contributed by atoms with Crippen LogP contribution in [0.2, 0.25) is 0 Å². The summed E-state index contributed by atoms with van der Waals surface area (Å²) in [7, 11) is 0. The Kier molecular flexibility index (Phi) is 4.33. The number of hydrogen-bond acceptors (Lipinski definition) is 5. The maximum atomic E-state index is 10.4. The molecule has 2 atom stereocenters. The summed E-state index contributed by atoms with van der Waals surface area (Å²) in [6, 6.07) is 12.0. The number of H-pyrrole nitrogens is 1. The number of rotatable bonds is 5. The van der Waals surface area contributed by atoms with E-state index in [0.29, 0.717) is 13.1 Å². The van der Waals surface area contributed by atoms with Gasteiger partial charge in [-0.3, -0.25) is 10.00 Å². The van der Waals surface area contributed by atoms with Crippen LogP contribution in [0.15, 0.2) is 42.6 Å². The molecule has 0 spiro atoms. The van der Waals surface area contributed by atoms with Crippen LogP contribution in [0.1, 0.15) is 17.1 Å². The smallest absolute Gasteiger partial charge is 0.0971 e. The highest BCUT2D eigenvalue weighted by atomic mass is 16.3. The molecule has 1 aromatic carbocycles. The molecule has 0 bridgehead atoms. The second-order valence-corrected chi connectivity index (χ2v) is 6.76. The molecule has 3 heterocycles. The summed E-state index contributed by atoms with van der Waals surface area (Å²) in [4.78, 5) is 2.23. The first kappa shape index (κ1) is 16.0. The van der Waals surface area contributed by atoms with Gasteiger partial charge >= 0.3 is 0 Å². The highest BCUT2D eigenvalue weighted by Crippen LogP contribution is 2.22. The third kappa shape index (κ3) is 3.62. The van der Waals surface area contributed by atoms with Crippen LogP contribution in [0.25, 0.3) is 5.69 Å². The SMILES string of the molecule is Cc1cc(C[C@@H]2CN(Cc3cn(-c4ccccc4)nn3)C[C@H]2O)n[nH]1. The number of para-hydroxylation sites is 1. The molecule has 130 valence electrons. The van der Waals surface area contributed by atoms with Gasteiger partial charge in [0.1, 0.15) is 0 Å². The molecular weight excluding hydrogens is 316 g/mol. The summed E-state index contributed by atoms with van der Waals surface area (Å²) in [5.41, 5.74) is 3.97. The van der Waals surface area contributed by atoms with E-state index in [1.165, 1.54) is 0 Å². The lowest BCUT2D eigenvalue weighted by atomic mass is 10.0. The summed E-state index contributed by atoms with van der Waals surface area (Å²) in [6.07, 6.45) is 2.41. The molecular formula is C18H22N6O. The highest BCUT2D eigenvalue weighted by Gasteiger charge is 2.32. The van der Waals surface area contributed by atoms with E-state index in [4.69, 9.17) is 0 Å². The number of nitrogens with one attached hydrogen (secondary N) is 1. The van der Waals surface area contributed by atoms with Gasteiger partial charge < -0.3 is 5.11 Å². The number of aromatic nitrogens is 5. The van der Waals surface area contributed by atoms with Crippen molar-refractivity contribution in [1.82, 2.24) is 30.1 Å². The molecule has 1 aliphatic heterocycles. The van der Waals surface area contributed by atoms with E-state index in [1.807, 2.05) is 49.5 Å². The maximum Gasteiger partial charge on any atom is 0.0971 e. The third-order valence-electron chi connectivity index (χ3n) is 4.66. The predicted octanol–water partition coefficient (Wildman–Crippen LogP) is 1.33. The van der Waals surface area contributed by atoms with E-state index in [1.54, 1.807) is 4.68 Å². The number of aryl methyl sites for hydroxylation is 1. The Balaban J connectivity index is 1.38. The monoisotopic (exact) mass is 338 g/mol. The summed E-state index contributed by atoms with van der Waals surface area (Å²) in [5, 5.41) is 26.1. The summed E-state index contributed by atoms with van der Waals surface area (Å²) < 4.78 is 1.78. The van der Waals surface area contributed by atoms with E-state index in [2.05, 4.69) is 25.4 Å². The number of hydrogen-bond donors (Lipinski definition) is 2. The van der Waals surface area contributed by atoms with Crippen LogP contribution in [0.5, 0.6) is 0 Å². The Labute approximate surface area is 146 Å². The fourth-order valence-electron chi connectivity index (χ4n) is 3.43. The number of aromatic amines is 1. The van der Waals surface area contributed by atoms with Crippen molar-refractivity contribution in [2.45, 2.75) is 26.0 Å². The van der Waals surface area contributed by atoms with Crippen LogP contribution >= 0.6 is 0 Å². The van der Waals surface area contributed by atoms with Gasteiger partial charge in [-0.2, -0.15) is 5.10 Å². The first-order valence-electron chi connectivity index (χ1n) is 8.55. The molecule has 2 aromatic heterocycles. The minimum Gasteiger partial charge on any atom is -0.391 e. The maximum absolute atomic E-state index is 10.4. The summed E-state index contributed by atoms with van der Waals surface area (Å²) in [5.74, 6) is 0.201. The van der Waals surface area contributed by atoms with Gasteiger partial charge in [0.15, 0.2) is 0 Å². The summed E-state index contributed by atoms with van der Waals surface area (Å²) >= 11 is 0. The van der Waals surface area contributed by atoms with Gasteiger partial charge in [0.05, 0.1) is 29.4 Å². The van der Waals surface area contributed by atoms with Gasteiger partial charge in [-0.15, -0.1) is 5.10 Å². The van der Waals surface area contributed by atoms with E-state index in [9.17, 15) is 5.11 Å². The topological polar surface area (TPSA) is 82.9 Å². The van der Waals surface area contributed by atoms with Gasteiger partial charge in [0.25, 0.3) is 0 Å². The average molecular weight is 338 g/mol. The van der Waals surface area contributed by atoms with Gasteiger partial charge in [-0.25, -0.2) is 4.68 Å². The van der Waals surface area contributed by atoms with Crippen molar-refractivity contribution in [3.63, 3.8) is 0 Å². The van der Waals surface area contributed by atoms with E-state index in [-0.39, 0.29) is 12.0 Å². The number of likely N-dealkylation sites (tertiary alicyclic amines) is 1. The first-order chi connectivity index (χ1) is 12.2. The Hall–Kier alpha value is -2.51. The zero-order valence-electron chi connectivity index (χ0n) is 14.2. The minimum atomic E-state index is -0.332. The largest absolute Gasteiger partial charge is 0.391 e. The van der Waals surface area contributed by atoms with Crippen LogP contribution in [0.4, 0.5) is 0 Å². The molecule has 1 saturated heterocycles. The normalized spacial score (nSPS) is 21.0. The van der Waals surface area contributed by atoms with Crippen LogP contribution in [0, 0.1) is 12.8 Å². The van der Waals surface area contributed by atoms with Crippen LogP contribution in [-0.4, -0.2) is 54.4 Å². The number of aliphatic hydroxyl groups excluding tert-OH is 1. The lowest BCUT2D eigenvalue weighted by molar-refractivity contribution is 0.140. The molecule has 0 amide bonds. The Morgan fingerprint density at radius 2 is 2.04 bits per heavy atom. The Morgan fingerprint density at radius 3 is 2.80 bits per heavy atom. The number of nitrogens with zero attached hydrogens (tertiary/aromatic N) is 5. The third-order valence-corrected chi connectivity index (χ3v) is 4.66. The molecule has 4 rings (SSSR count). The zero-order valence-corrected chi connectivity index (χ0v) is 14.2. The van der Waals surface area contributed by atoms with Crippen LogP contribution in [-0.2, 0) is 13.0 Å². The van der Waals surface area contributed by atoms with Crippen molar-refractivity contribution in [1.29, 1.82) is 0 Å². The molecule has 0 saturated carbocycles. The molecule has 3 aromatic rings. The van der Waals surface area contributed by atoms with Gasteiger partial charge in [-0.05, 0) is 31.5 Å². The fraction of sp³-hybridized carbons (Fsp3) is 0.389. The molecule has 0 unspecified atom stereocenters. The lowest BCUT2D eigenvalue weighted by Crippen LogP contribution is -2.21. The molecule has 25 heavy (non-hydrogen) atoms. The van der Waals surface area contributed by atoms with E-state index < -0.39 is 0 Å². The quantitative estimate of drug-likeness (QED) is 0.733. The molecule has 7 nitrogen and oxygen atoms in total. The van der Waals surface area contributed by atoms with Gasteiger partial charge in [0.2, 0.25) is 0 Å². The zero-order chi connectivity index (χ0) is 17.2. The Bertz CT molecular complexity index is 827. The van der Waals surface area contributed by atoms with Crippen LogP contribution in [0.3, 0.4) is 0 Å². The number of β-amino-alcohol motifs (C(OH)–C–C–N with tert-alkyl or cyclic N) is 1. The second-order valence-electron chi connectivity index (χ2n) is 6.76. The van der Waals surface area contributed by atoms with Crippen molar-refractivity contribution < 1.29 is 5.11 Å². The number of aliphatic hydroxyl groups is 1. The minimum absolute atomic E-state index is 0.201.